The zero-order valence-electron chi connectivity index (χ0n) is 9.96. The van der Waals surface area contributed by atoms with Crippen molar-refractivity contribution < 1.29 is 14.3 Å². The van der Waals surface area contributed by atoms with E-state index in [0.29, 0.717) is 6.61 Å². The molecule has 92 valence electrons. The van der Waals surface area contributed by atoms with Gasteiger partial charge in [0.05, 0.1) is 18.8 Å². The molecule has 0 radical (unpaired) electrons. The molecule has 0 atom stereocenters. The van der Waals surface area contributed by atoms with E-state index >= 15 is 0 Å². The van der Waals surface area contributed by atoms with E-state index in [1.807, 2.05) is 0 Å². The van der Waals surface area contributed by atoms with Gasteiger partial charge in [0.2, 0.25) is 0 Å². The highest BCUT2D eigenvalue weighted by molar-refractivity contribution is 5.67. The quantitative estimate of drug-likeness (QED) is 0.592. The number of rotatable bonds is 4. The smallest absolute Gasteiger partial charge is 0.407 e. The molecule has 1 heterocycles. The predicted molar refractivity (Wildman–Crippen MR) is 60.3 cm³/mol. The van der Waals surface area contributed by atoms with E-state index in [9.17, 15) is 4.79 Å². The third kappa shape index (κ3) is 3.11. The second-order valence-electron chi connectivity index (χ2n) is 4.88. The Hall–Kier alpha value is -0.770. The number of amides is 1. The minimum Gasteiger partial charge on any atom is -0.450 e. The first-order chi connectivity index (χ1) is 7.74. The molecule has 4 nitrogen and oxygen atoms in total. The maximum Gasteiger partial charge on any atom is 0.407 e. The second kappa shape index (κ2) is 5.04. The van der Waals surface area contributed by atoms with Crippen molar-refractivity contribution in [1.82, 2.24) is 5.32 Å². The molecule has 0 aromatic carbocycles. The van der Waals surface area contributed by atoms with Crippen LogP contribution in [0, 0.1) is 0 Å². The fourth-order valence-electron chi connectivity index (χ4n) is 2.20. The maximum absolute atomic E-state index is 11.4. The molecule has 2 aliphatic rings. The predicted octanol–water partition coefficient (Wildman–Crippen LogP) is 2.22. The highest BCUT2D eigenvalue weighted by Gasteiger charge is 2.47. The van der Waals surface area contributed by atoms with Crippen molar-refractivity contribution in [3.63, 3.8) is 0 Å². The molecule has 1 saturated heterocycles. The summed E-state index contributed by atoms with van der Waals surface area (Å²) in [7, 11) is 0. The lowest BCUT2D eigenvalue weighted by Crippen LogP contribution is -2.39. The van der Waals surface area contributed by atoms with E-state index in [4.69, 9.17) is 9.47 Å². The van der Waals surface area contributed by atoms with E-state index in [-0.39, 0.29) is 17.7 Å². The van der Waals surface area contributed by atoms with Gasteiger partial charge in [-0.2, -0.15) is 0 Å². The average molecular weight is 227 g/mol. The molecular formula is C12H21NO3. The molecule has 1 spiro atoms. The topological polar surface area (TPSA) is 50.9 Å². The van der Waals surface area contributed by atoms with Crippen LogP contribution >= 0.6 is 0 Å². The molecule has 0 bridgehead atoms. The number of epoxide rings is 1. The first kappa shape index (κ1) is 11.7. The van der Waals surface area contributed by atoms with Gasteiger partial charge in [0.15, 0.2) is 0 Å². The van der Waals surface area contributed by atoms with Crippen LogP contribution in [0.2, 0.25) is 0 Å². The van der Waals surface area contributed by atoms with Crippen LogP contribution in [-0.2, 0) is 9.47 Å². The summed E-state index contributed by atoms with van der Waals surface area (Å²) in [5.41, 5.74) is 0.199. The zero-order valence-corrected chi connectivity index (χ0v) is 9.96. The Morgan fingerprint density at radius 1 is 1.50 bits per heavy atom. The summed E-state index contributed by atoms with van der Waals surface area (Å²) < 4.78 is 10.5. The summed E-state index contributed by atoms with van der Waals surface area (Å²) in [5.74, 6) is 0. The van der Waals surface area contributed by atoms with Crippen LogP contribution in [0.5, 0.6) is 0 Å². The molecule has 1 saturated carbocycles. The van der Waals surface area contributed by atoms with Crippen molar-refractivity contribution in [2.24, 2.45) is 0 Å². The summed E-state index contributed by atoms with van der Waals surface area (Å²) in [4.78, 5) is 11.4. The van der Waals surface area contributed by atoms with E-state index in [2.05, 4.69) is 12.2 Å². The van der Waals surface area contributed by atoms with Gasteiger partial charge < -0.3 is 14.8 Å². The van der Waals surface area contributed by atoms with Crippen LogP contribution in [-0.4, -0.2) is 30.9 Å². The maximum atomic E-state index is 11.4. The number of nitrogens with one attached hydrogen (secondary N) is 1. The van der Waals surface area contributed by atoms with Gasteiger partial charge in [0.25, 0.3) is 0 Å². The number of hydrogen-bond acceptors (Lipinski definition) is 3. The van der Waals surface area contributed by atoms with Crippen molar-refractivity contribution in [2.75, 3.05) is 13.2 Å². The molecule has 16 heavy (non-hydrogen) atoms. The summed E-state index contributed by atoms with van der Waals surface area (Å²) >= 11 is 0. The normalized spacial score (nSPS) is 32.4. The van der Waals surface area contributed by atoms with Crippen molar-refractivity contribution in [1.29, 1.82) is 0 Å². The van der Waals surface area contributed by atoms with Gasteiger partial charge >= 0.3 is 6.09 Å². The van der Waals surface area contributed by atoms with Crippen LogP contribution in [0.25, 0.3) is 0 Å². The Bertz CT molecular complexity index is 241. The third-order valence-corrected chi connectivity index (χ3v) is 3.50. The lowest BCUT2D eigenvalue weighted by atomic mass is 9.86. The van der Waals surface area contributed by atoms with Gasteiger partial charge in [-0.25, -0.2) is 4.79 Å². The van der Waals surface area contributed by atoms with Gasteiger partial charge in [-0.1, -0.05) is 13.3 Å². The fourth-order valence-corrected chi connectivity index (χ4v) is 2.20. The van der Waals surface area contributed by atoms with Crippen molar-refractivity contribution in [3.8, 4) is 0 Å². The second-order valence-corrected chi connectivity index (χ2v) is 4.88. The standard InChI is InChI=1S/C12H21NO3/c1-2-3-8-15-11(14)13-10-4-6-12(7-5-10)9-16-12/h10H,2-9H2,1H3,(H,13,14). The number of carbonyl (C=O) groups is 1. The monoisotopic (exact) mass is 227 g/mol. The number of unbranched alkanes of at least 4 members (excludes halogenated alkanes) is 1. The molecule has 1 aliphatic heterocycles. The van der Waals surface area contributed by atoms with E-state index in [0.717, 1.165) is 45.1 Å². The van der Waals surface area contributed by atoms with E-state index in [1.54, 1.807) is 0 Å². The van der Waals surface area contributed by atoms with Crippen LogP contribution in [0.3, 0.4) is 0 Å². The number of ether oxygens (including phenoxy) is 2. The molecule has 2 fully saturated rings. The molecule has 2 rings (SSSR count). The van der Waals surface area contributed by atoms with E-state index in [1.165, 1.54) is 0 Å². The lowest BCUT2D eigenvalue weighted by Gasteiger charge is -2.26. The Morgan fingerprint density at radius 2 is 2.19 bits per heavy atom. The van der Waals surface area contributed by atoms with Crippen molar-refractivity contribution >= 4 is 6.09 Å². The van der Waals surface area contributed by atoms with Gasteiger partial charge in [0, 0.05) is 6.04 Å². The highest BCUT2D eigenvalue weighted by Crippen LogP contribution is 2.41. The molecule has 0 unspecified atom stereocenters. The number of carbonyl (C=O) groups excluding carboxylic acids is 1. The Kier molecular flexibility index (Phi) is 3.69. The largest absolute Gasteiger partial charge is 0.450 e. The van der Waals surface area contributed by atoms with Crippen molar-refractivity contribution in [2.45, 2.75) is 57.1 Å². The summed E-state index contributed by atoms with van der Waals surface area (Å²) in [5, 5.41) is 2.93. The van der Waals surface area contributed by atoms with E-state index < -0.39 is 0 Å². The average Bonchev–Trinajstić information content (AvgIpc) is 3.03. The van der Waals surface area contributed by atoms with Crippen LogP contribution in [0.4, 0.5) is 4.79 Å². The molecule has 0 aromatic rings. The molecule has 1 amide bonds. The Balaban J connectivity index is 1.60. The van der Waals surface area contributed by atoms with Crippen LogP contribution < -0.4 is 5.32 Å². The molecular weight excluding hydrogens is 206 g/mol. The molecule has 1 aliphatic carbocycles. The minimum absolute atomic E-state index is 0.199. The van der Waals surface area contributed by atoms with Crippen LogP contribution in [0.1, 0.15) is 45.4 Å². The molecule has 1 N–H and O–H groups in total. The number of alkyl carbamates (subject to hydrolysis) is 1. The Morgan fingerprint density at radius 3 is 2.75 bits per heavy atom. The van der Waals surface area contributed by atoms with Gasteiger partial charge in [-0.15, -0.1) is 0 Å². The molecule has 4 heteroatoms. The van der Waals surface area contributed by atoms with Gasteiger partial charge in [-0.05, 0) is 32.1 Å². The first-order valence-corrected chi connectivity index (χ1v) is 6.31. The highest BCUT2D eigenvalue weighted by atomic mass is 16.6. The SMILES string of the molecule is CCCCOC(=O)NC1CCC2(CC1)CO2. The molecule has 0 aromatic heterocycles. The zero-order chi connectivity index (χ0) is 11.4. The first-order valence-electron chi connectivity index (χ1n) is 6.31. The lowest BCUT2D eigenvalue weighted by molar-refractivity contribution is 0.133. The number of hydrogen-bond donors (Lipinski definition) is 1. The minimum atomic E-state index is -0.258. The third-order valence-electron chi connectivity index (χ3n) is 3.50. The fraction of sp³-hybridized carbons (Fsp3) is 0.917. The summed E-state index contributed by atoms with van der Waals surface area (Å²) in [6.07, 6.45) is 5.92. The summed E-state index contributed by atoms with van der Waals surface area (Å²) in [6.45, 7) is 3.53. The van der Waals surface area contributed by atoms with Gasteiger partial charge in [-0.3, -0.25) is 0 Å². The Labute approximate surface area is 96.7 Å². The summed E-state index contributed by atoms with van der Waals surface area (Å²) in [6, 6.07) is 0.281. The van der Waals surface area contributed by atoms with Gasteiger partial charge in [0.1, 0.15) is 0 Å². The van der Waals surface area contributed by atoms with Crippen molar-refractivity contribution in [3.05, 3.63) is 0 Å². The van der Waals surface area contributed by atoms with Crippen LogP contribution in [0.15, 0.2) is 0 Å².